The molecule has 2 saturated carbocycles. The summed E-state index contributed by atoms with van der Waals surface area (Å²) >= 11 is 0. The Morgan fingerprint density at radius 1 is 1.31 bits per heavy atom. The molecule has 0 aliphatic heterocycles. The predicted molar refractivity (Wildman–Crippen MR) is 62.5 cm³/mol. The average molecular weight is 219 g/mol. The Morgan fingerprint density at radius 2 is 2.12 bits per heavy atom. The Labute approximate surface area is 95.8 Å². The third kappa shape index (κ3) is 1.56. The van der Waals surface area contributed by atoms with E-state index >= 15 is 0 Å². The van der Waals surface area contributed by atoms with Crippen LogP contribution in [0.4, 0.5) is 4.39 Å². The second kappa shape index (κ2) is 3.56. The summed E-state index contributed by atoms with van der Waals surface area (Å²) in [6, 6.07) is 7.04. The molecule has 3 atom stereocenters. The van der Waals surface area contributed by atoms with Crippen LogP contribution in [-0.2, 0) is 6.42 Å². The molecule has 1 aromatic carbocycles. The maximum atomic E-state index is 13.6. The van der Waals surface area contributed by atoms with Gasteiger partial charge in [0.2, 0.25) is 0 Å². The third-order valence-electron chi connectivity index (χ3n) is 4.50. The smallest absolute Gasteiger partial charge is 0.126 e. The summed E-state index contributed by atoms with van der Waals surface area (Å²) in [5.41, 5.74) is 7.13. The van der Waals surface area contributed by atoms with E-state index in [1.165, 1.54) is 25.3 Å². The van der Waals surface area contributed by atoms with Gasteiger partial charge in [0.25, 0.3) is 0 Å². The largest absolute Gasteiger partial charge is 0.325 e. The van der Waals surface area contributed by atoms with E-state index in [4.69, 9.17) is 5.73 Å². The Hall–Kier alpha value is -0.890. The van der Waals surface area contributed by atoms with Crippen molar-refractivity contribution in [2.24, 2.45) is 17.6 Å². The highest BCUT2D eigenvalue weighted by molar-refractivity contribution is 5.22. The van der Waals surface area contributed by atoms with Gasteiger partial charge in [0.15, 0.2) is 0 Å². The first kappa shape index (κ1) is 10.3. The van der Waals surface area contributed by atoms with Crippen LogP contribution in [0.25, 0.3) is 0 Å². The minimum atomic E-state index is -0.134. The first-order chi connectivity index (χ1) is 7.67. The van der Waals surface area contributed by atoms with Crippen LogP contribution in [-0.4, -0.2) is 5.54 Å². The third-order valence-corrected chi connectivity index (χ3v) is 4.50. The molecular weight excluding hydrogens is 201 g/mol. The molecule has 1 aromatic rings. The molecule has 16 heavy (non-hydrogen) atoms. The van der Waals surface area contributed by atoms with Gasteiger partial charge in [-0.2, -0.15) is 0 Å². The minimum absolute atomic E-state index is 0.102. The van der Waals surface area contributed by atoms with Gasteiger partial charge in [-0.05, 0) is 49.1 Å². The summed E-state index contributed by atoms with van der Waals surface area (Å²) < 4.78 is 13.6. The molecule has 0 heterocycles. The van der Waals surface area contributed by atoms with Crippen LogP contribution in [0.15, 0.2) is 24.3 Å². The lowest BCUT2D eigenvalue weighted by molar-refractivity contribution is 0.267. The predicted octanol–water partition coefficient (Wildman–Crippen LogP) is 2.89. The van der Waals surface area contributed by atoms with Crippen molar-refractivity contribution in [3.05, 3.63) is 35.6 Å². The highest BCUT2D eigenvalue weighted by Crippen LogP contribution is 2.50. The van der Waals surface area contributed by atoms with Crippen LogP contribution in [0.5, 0.6) is 0 Å². The zero-order chi connectivity index (χ0) is 11.2. The number of halogens is 1. The summed E-state index contributed by atoms with van der Waals surface area (Å²) in [7, 11) is 0. The van der Waals surface area contributed by atoms with Gasteiger partial charge >= 0.3 is 0 Å². The molecule has 0 saturated heterocycles. The number of hydrogen-bond acceptors (Lipinski definition) is 1. The molecule has 2 aliphatic carbocycles. The molecule has 3 rings (SSSR count). The summed E-state index contributed by atoms with van der Waals surface area (Å²) in [5, 5.41) is 0. The molecule has 2 heteroatoms. The molecule has 1 nitrogen and oxygen atoms in total. The van der Waals surface area contributed by atoms with Gasteiger partial charge in [-0.15, -0.1) is 0 Å². The number of benzene rings is 1. The Bertz CT molecular complexity index is 403. The van der Waals surface area contributed by atoms with E-state index in [2.05, 4.69) is 0 Å². The Balaban J connectivity index is 1.82. The Morgan fingerprint density at radius 3 is 2.75 bits per heavy atom. The van der Waals surface area contributed by atoms with Crippen LogP contribution in [0.2, 0.25) is 0 Å². The molecule has 0 radical (unpaired) electrons. The molecule has 2 N–H and O–H groups in total. The SMILES string of the molecule is NC1(Cc2ccccc2F)CC2CCC1C2. The lowest BCUT2D eigenvalue weighted by Crippen LogP contribution is -2.47. The van der Waals surface area contributed by atoms with E-state index in [0.29, 0.717) is 12.3 Å². The van der Waals surface area contributed by atoms with Gasteiger partial charge in [0.1, 0.15) is 5.82 Å². The summed E-state index contributed by atoms with van der Waals surface area (Å²) in [6.45, 7) is 0. The van der Waals surface area contributed by atoms with E-state index in [-0.39, 0.29) is 11.4 Å². The van der Waals surface area contributed by atoms with Gasteiger partial charge in [0.05, 0.1) is 0 Å². The van der Waals surface area contributed by atoms with Crippen LogP contribution in [0, 0.1) is 17.7 Å². The number of rotatable bonds is 2. The van der Waals surface area contributed by atoms with E-state index in [0.717, 1.165) is 17.9 Å². The average Bonchev–Trinajstić information content (AvgIpc) is 2.81. The molecule has 0 aromatic heterocycles. The zero-order valence-electron chi connectivity index (χ0n) is 9.45. The lowest BCUT2D eigenvalue weighted by atomic mass is 9.77. The minimum Gasteiger partial charge on any atom is -0.325 e. The van der Waals surface area contributed by atoms with Crippen molar-refractivity contribution in [2.75, 3.05) is 0 Å². The fourth-order valence-corrected chi connectivity index (χ4v) is 3.70. The van der Waals surface area contributed by atoms with Gasteiger partial charge < -0.3 is 5.73 Å². The van der Waals surface area contributed by atoms with E-state index < -0.39 is 0 Å². The Kier molecular flexibility index (Phi) is 2.28. The van der Waals surface area contributed by atoms with Crippen molar-refractivity contribution < 1.29 is 4.39 Å². The van der Waals surface area contributed by atoms with Crippen LogP contribution >= 0.6 is 0 Å². The van der Waals surface area contributed by atoms with Crippen LogP contribution in [0.3, 0.4) is 0 Å². The number of fused-ring (bicyclic) bond motifs is 2. The molecule has 0 spiro atoms. The lowest BCUT2D eigenvalue weighted by Gasteiger charge is -2.34. The fourth-order valence-electron chi connectivity index (χ4n) is 3.70. The highest BCUT2D eigenvalue weighted by atomic mass is 19.1. The summed E-state index contributed by atoms with van der Waals surface area (Å²) in [5.74, 6) is 1.33. The topological polar surface area (TPSA) is 26.0 Å². The van der Waals surface area contributed by atoms with Crippen molar-refractivity contribution in [1.82, 2.24) is 0 Å². The zero-order valence-corrected chi connectivity index (χ0v) is 9.45. The monoisotopic (exact) mass is 219 g/mol. The van der Waals surface area contributed by atoms with Crippen molar-refractivity contribution in [2.45, 2.75) is 37.6 Å². The first-order valence-corrected chi connectivity index (χ1v) is 6.20. The quantitative estimate of drug-likeness (QED) is 0.813. The van der Waals surface area contributed by atoms with Crippen molar-refractivity contribution >= 4 is 0 Å². The molecule has 2 fully saturated rings. The molecule has 2 aliphatic rings. The summed E-state index contributed by atoms with van der Waals surface area (Å²) in [6.07, 6.45) is 5.65. The summed E-state index contributed by atoms with van der Waals surface area (Å²) in [4.78, 5) is 0. The van der Waals surface area contributed by atoms with Crippen molar-refractivity contribution in [3.63, 3.8) is 0 Å². The maximum Gasteiger partial charge on any atom is 0.126 e. The molecule has 2 bridgehead atoms. The van der Waals surface area contributed by atoms with E-state index in [1.807, 2.05) is 12.1 Å². The van der Waals surface area contributed by atoms with Gasteiger partial charge in [-0.3, -0.25) is 0 Å². The number of nitrogens with two attached hydrogens (primary N) is 1. The fraction of sp³-hybridized carbons (Fsp3) is 0.571. The maximum absolute atomic E-state index is 13.6. The first-order valence-electron chi connectivity index (χ1n) is 6.20. The molecular formula is C14H18FN. The van der Waals surface area contributed by atoms with E-state index in [9.17, 15) is 4.39 Å². The standard InChI is InChI=1S/C14H18FN/c15-13-4-2-1-3-11(13)9-14(16)8-10-5-6-12(14)7-10/h1-4,10,12H,5-9,16H2. The number of hydrogen-bond donors (Lipinski definition) is 1. The molecule has 86 valence electrons. The van der Waals surface area contributed by atoms with Crippen molar-refractivity contribution in [1.29, 1.82) is 0 Å². The van der Waals surface area contributed by atoms with Crippen molar-refractivity contribution in [3.8, 4) is 0 Å². The van der Waals surface area contributed by atoms with Crippen LogP contribution in [0.1, 0.15) is 31.2 Å². The van der Waals surface area contributed by atoms with Gasteiger partial charge in [-0.25, -0.2) is 4.39 Å². The molecule has 0 amide bonds. The molecule has 3 unspecified atom stereocenters. The van der Waals surface area contributed by atoms with E-state index in [1.54, 1.807) is 6.07 Å². The van der Waals surface area contributed by atoms with Gasteiger partial charge in [-0.1, -0.05) is 24.6 Å². The normalized spacial score (nSPS) is 36.9. The second-order valence-corrected chi connectivity index (χ2v) is 5.58. The van der Waals surface area contributed by atoms with Crippen LogP contribution < -0.4 is 5.73 Å². The van der Waals surface area contributed by atoms with Gasteiger partial charge in [0, 0.05) is 5.54 Å². The highest BCUT2D eigenvalue weighted by Gasteiger charge is 2.48. The second-order valence-electron chi connectivity index (χ2n) is 5.58.